The maximum atomic E-state index is 12.9. The summed E-state index contributed by atoms with van der Waals surface area (Å²) in [6.07, 6.45) is -2.74. The minimum absolute atomic E-state index is 0.177. The Morgan fingerprint density at radius 1 is 1.15 bits per heavy atom. The van der Waals surface area contributed by atoms with Crippen LogP contribution in [0.25, 0.3) is 11.6 Å². The molecule has 0 bridgehead atoms. The zero-order valence-electron chi connectivity index (χ0n) is 15.5. The van der Waals surface area contributed by atoms with Crippen LogP contribution in [-0.2, 0) is 11.0 Å². The number of carbonyl (C=O) groups excluding carboxylic acids is 1. The number of aryl methyl sites for hydroxylation is 1. The molecule has 1 N–H and O–H groups in total. The molecule has 0 spiro atoms. The Hall–Kier alpha value is -2.76. The Morgan fingerprint density at radius 2 is 1.85 bits per heavy atom. The quantitative estimate of drug-likeness (QED) is 0.705. The van der Waals surface area contributed by atoms with Crippen LogP contribution in [0.1, 0.15) is 47.6 Å². The Morgan fingerprint density at radius 3 is 2.44 bits per heavy atom. The molecule has 0 atom stereocenters. The number of carbonyl (C=O) groups is 1. The molecular formula is C21H20F3NO2. The lowest BCUT2D eigenvalue weighted by atomic mass is 9.94. The second-order valence-electron chi connectivity index (χ2n) is 6.88. The van der Waals surface area contributed by atoms with Gasteiger partial charge in [0.05, 0.1) is 12.7 Å². The van der Waals surface area contributed by atoms with Gasteiger partial charge in [0, 0.05) is 16.8 Å². The zero-order valence-corrected chi connectivity index (χ0v) is 15.5. The lowest BCUT2D eigenvalue weighted by molar-refractivity contribution is -0.137. The number of nitrogens with one attached hydrogen (secondary N) is 1. The number of halogens is 3. The van der Waals surface area contributed by atoms with Crippen molar-refractivity contribution in [1.82, 2.24) is 0 Å². The largest absolute Gasteiger partial charge is 0.496 e. The highest BCUT2D eigenvalue weighted by molar-refractivity contribution is 6.35. The van der Waals surface area contributed by atoms with Crippen molar-refractivity contribution in [3.05, 3.63) is 58.1 Å². The van der Waals surface area contributed by atoms with E-state index in [0.717, 1.165) is 34.6 Å². The van der Waals surface area contributed by atoms with Gasteiger partial charge < -0.3 is 10.1 Å². The maximum absolute atomic E-state index is 12.9. The smallest absolute Gasteiger partial charge is 0.416 e. The third-order valence-electron chi connectivity index (χ3n) is 4.67. The molecule has 1 aliphatic heterocycles. The minimum atomic E-state index is -4.45. The summed E-state index contributed by atoms with van der Waals surface area (Å²) in [6, 6.07) is 7.16. The van der Waals surface area contributed by atoms with E-state index in [9.17, 15) is 18.0 Å². The van der Waals surface area contributed by atoms with Crippen LogP contribution in [0, 0.1) is 6.92 Å². The number of rotatable bonds is 3. The molecule has 1 aliphatic rings. The summed E-state index contributed by atoms with van der Waals surface area (Å²) in [4.78, 5) is 12.4. The highest BCUT2D eigenvalue weighted by Crippen LogP contribution is 2.39. The van der Waals surface area contributed by atoms with E-state index in [4.69, 9.17) is 4.74 Å². The van der Waals surface area contributed by atoms with Crippen molar-refractivity contribution in [2.24, 2.45) is 0 Å². The fourth-order valence-electron chi connectivity index (χ4n) is 3.17. The van der Waals surface area contributed by atoms with Gasteiger partial charge in [-0.2, -0.15) is 13.2 Å². The number of anilines is 1. The number of hydrogen-bond acceptors (Lipinski definition) is 2. The molecule has 2 aromatic carbocycles. The van der Waals surface area contributed by atoms with Crippen molar-refractivity contribution in [2.45, 2.75) is 32.9 Å². The third-order valence-corrected chi connectivity index (χ3v) is 4.67. The standard InChI is InChI=1S/C21H20F3NO2/c1-11(2)16-8-13(12(3)7-19(16)27-4)9-17-15-6-5-14(21(22,23)24)10-18(15)25-20(17)26/h5-11H,1-4H3,(H,25,26)/b17-9+. The predicted octanol–water partition coefficient (Wildman–Crippen LogP) is 5.64. The Bertz CT molecular complexity index is 943. The second-order valence-corrected chi connectivity index (χ2v) is 6.88. The van der Waals surface area contributed by atoms with Gasteiger partial charge >= 0.3 is 6.18 Å². The maximum Gasteiger partial charge on any atom is 0.416 e. The summed E-state index contributed by atoms with van der Waals surface area (Å²) in [7, 11) is 1.61. The van der Waals surface area contributed by atoms with E-state index < -0.39 is 17.6 Å². The normalized spacial score (nSPS) is 15.3. The molecule has 0 fully saturated rings. The number of hydrogen-bond donors (Lipinski definition) is 1. The second kappa shape index (κ2) is 6.76. The number of alkyl halides is 3. The molecular weight excluding hydrogens is 355 g/mol. The summed E-state index contributed by atoms with van der Waals surface area (Å²) in [5, 5.41) is 2.53. The van der Waals surface area contributed by atoms with Crippen molar-refractivity contribution >= 4 is 23.2 Å². The molecule has 1 heterocycles. The van der Waals surface area contributed by atoms with E-state index in [2.05, 4.69) is 5.32 Å². The van der Waals surface area contributed by atoms with Crippen molar-refractivity contribution in [3.63, 3.8) is 0 Å². The van der Waals surface area contributed by atoms with Crippen molar-refractivity contribution in [3.8, 4) is 5.75 Å². The first-order chi connectivity index (χ1) is 12.6. The molecule has 27 heavy (non-hydrogen) atoms. The SMILES string of the molecule is COc1cc(C)c(/C=C2/C(=O)Nc3cc(C(F)(F)F)ccc32)cc1C(C)C. The molecule has 2 aromatic rings. The molecule has 6 heteroatoms. The average Bonchev–Trinajstić information content (AvgIpc) is 2.90. The van der Waals surface area contributed by atoms with Gasteiger partial charge in [0.25, 0.3) is 5.91 Å². The van der Waals surface area contributed by atoms with E-state index in [1.54, 1.807) is 13.2 Å². The van der Waals surface area contributed by atoms with Gasteiger partial charge in [-0.1, -0.05) is 19.9 Å². The number of methoxy groups -OCH3 is 1. The van der Waals surface area contributed by atoms with Crippen LogP contribution >= 0.6 is 0 Å². The predicted molar refractivity (Wildman–Crippen MR) is 99.8 cm³/mol. The van der Waals surface area contributed by atoms with Crippen LogP contribution in [0.2, 0.25) is 0 Å². The van der Waals surface area contributed by atoms with E-state index in [0.29, 0.717) is 11.1 Å². The first kappa shape index (κ1) is 19.0. The first-order valence-electron chi connectivity index (χ1n) is 8.55. The summed E-state index contributed by atoms with van der Waals surface area (Å²) in [6.45, 7) is 5.99. The number of amides is 1. The van der Waals surface area contributed by atoms with Crippen LogP contribution in [0.4, 0.5) is 18.9 Å². The van der Waals surface area contributed by atoms with Crippen LogP contribution in [0.3, 0.4) is 0 Å². The molecule has 0 aliphatic carbocycles. The molecule has 0 saturated carbocycles. The van der Waals surface area contributed by atoms with Gasteiger partial charge in [0.1, 0.15) is 5.75 Å². The molecule has 0 aromatic heterocycles. The van der Waals surface area contributed by atoms with Crippen LogP contribution in [0.5, 0.6) is 5.75 Å². The number of ether oxygens (including phenoxy) is 1. The fraction of sp³-hybridized carbons (Fsp3) is 0.286. The summed E-state index contributed by atoms with van der Waals surface area (Å²) in [5.41, 5.74) is 2.95. The third kappa shape index (κ3) is 3.56. The van der Waals surface area contributed by atoms with Crippen LogP contribution < -0.4 is 10.1 Å². The summed E-state index contributed by atoms with van der Waals surface area (Å²) >= 11 is 0. The lowest BCUT2D eigenvalue weighted by Crippen LogP contribution is -2.06. The van der Waals surface area contributed by atoms with Gasteiger partial charge in [-0.05, 0) is 59.9 Å². The molecule has 0 saturated heterocycles. The van der Waals surface area contributed by atoms with Gasteiger partial charge in [0.15, 0.2) is 0 Å². The van der Waals surface area contributed by atoms with Crippen LogP contribution in [0.15, 0.2) is 30.3 Å². The Balaban J connectivity index is 2.10. The summed E-state index contributed by atoms with van der Waals surface area (Å²) in [5.74, 6) is 0.582. The van der Waals surface area contributed by atoms with Crippen molar-refractivity contribution < 1.29 is 22.7 Å². The molecule has 0 unspecified atom stereocenters. The molecule has 142 valence electrons. The molecule has 3 nitrogen and oxygen atoms in total. The molecule has 3 rings (SSSR count). The number of benzene rings is 2. The van der Waals surface area contributed by atoms with Crippen LogP contribution in [-0.4, -0.2) is 13.0 Å². The first-order valence-corrected chi connectivity index (χ1v) is 8.55. The van der Waals surface area contributed by atoms with Crippen molar-refractivity contribution in [1.29, 1.82) is 0 Å². The minimum Gasteiger partial charge on any atom is -0.496 e. The fourth-order valence-corrected chi connectivity index (χ4v) is 3.17. The van der Waals surface area contributed by atoms with Gasteiger partial charge in [0.2, 0.25) is 0 Å². The van der Waals surface area contributed by atoms with Gasteiger partial charge in [-0.25, -0.2) is 0 Å². The van der Waals surface area contributed by atoms with E-state index in [1.807, 2.05) is 32.9 Å². The van der Waals surface area contributed by atoms with Crippen molar-refractivity contribution in [2.75, 3.05) is 12.4 Å². The Kier molecular flexibility index (Phi) is 4.76. The molecule has 0 radical (unpaired) electrons. The monoisotopic (exact) mass is 375 g/mol. The highest BCUT2D eigenvalue weighted by atomic mass is 19.4. The topological polar surface area (TPSA) is 38.3 Å². The summed E-state index contributed by atoms with van der Waals surface area (Å²) < 4.78 is 44.1. The zero-order chi connectivity index (χ0) is 19.9. The average molecular weight is 375 g/mol. The van der Waals surface area contributed by atoms with Gasteiger partial charge in [-0.3, -0.25) is 4.79 Å². The van der Waals surface area contributed by atoms with E-state index in [1.165, 1.54) is 6.07 Å². The molecule has 1 amide bonds. The lowest BCUT2D eigenvalue weighted by Gasteiger charge is -2.15. The number of fused-ring (bicyclic) bond motifs is 1. The Labute approximate surface area is 155 Å². The van der Waals surface area contributed by atoms with Gasteiger partial charge in [-0.15, -0.1) is 0 Å². The highest BCUT2D eigenvalue weighted by Gasteiger charge is 2.33. The van der Waals surface area contributed by atoms with E-state index >= 15 is 0 Å². The van der Waals surface area contributed by atoms with E-state index in [-0.39, 0.29) is 11.6 Å².